The number of aryl methyl sites for hydroxylation is 1. The molecule has 2 aromatic rings. The van der Waals surface area contributed by atoms with Crippen LogP contribution in [0.15, 0.2) is 36.8 Å². The van der Waals surface area contributed by atoms with Crippen molar-refractivity contribution in [3.63, 3.8) is 0 Å². The Morgan fingerprint density at radius 1 is 1.35 bits per heavy atom. The number of hydrogen-bond donors (Lipinski definition) is 0. The summed E-state index contributed by atoms with van der Waals surface area (Å²) in [6.45, 7) is 5.86. The molecule has 0 saturated carbocycles. The van der Waals surface area contributed by atoms with E-state index in [2.05, 4.69) is 23.7 Å². The Morgan fingerprint density at radius 2 is 2.15 bits per heavy atom. The topological polar surface area (TPSA) is 41.4 Å². The maximum absolute atomic E-state index is 13.8. The average molecular weight is 356 g/mol. The van der Waals surface area contributed by atoms with E-state index >= 15 is 0 Å². The molecule has 26 heavy (non-hydrogen) atoms. The van der Waals surface area contributed by atoms with E-state index in [-0.39, 0.29) is 17.3 Å². The van der Waals surface area contributed by atoms with Gasteiger partial charge in [-0.2, -0.15) is 0 Å². The van der Waals surface area contributed by atoms with Crippen LogP contribution in [0.5, 0.6) is 0 Å². The molecule has 2 aliphatic rings. The molecule has 0 spiro atoms. The molecular formula is C20H25FN4O. The lowest BCUT2D eigenvalue weighted by molar-refractivity contribution is 0.0662. The van der Waals surface area contributed by atoms with E-state index in [4.69, 9.17) is 0 Å². The normalized spacial score (nSPS) is 24.6. The third-order valence-corrected chi connectivity index (χ3v) is 5.74. The number of carbonyl (C=O) groups is 1. The highest BCUT2D eigenvalue weighted by Crippen LogP contribution is 2.44. The minimum absolute atomic E-state index is 0.00561. The number of likely N-dealkylation sites (tertiary alicyclic amines) is 1. The lowest BCUT2D eigenvalue weighted by Crippen LogP contribution is -2.50. The lowest BCUT2D eigenvalue weighted by atomic mass is 9.89. The minimum atomic E-state index is -0.204. The van der Waals surface area contributed by atoms with Crippen LogP contribution in [0, 0.1) is 11.7 Å². The number of anilines is 1. The van der Waals surface area contributed by atoms with E-state index < -0.39 is 0 Å². The Labute approximate surface area is 153 Å². The number of imidazole rings is 1. The van der Waals surface area contributed by atoms with Gasteiger partial charge in [0.05, 0.1) is 6.33 Å². The number of aromatic nitrogens is 2. The summed E-state index contributed by atoms with van der Waals surface area (Å²) in [5.74, 6) is 0.185. The van der Waals surface area contributed by atoms with E-state index in [9.17, 15) is 9.18 Å². The predicted octanol–water partition coefficient (Wildman–Crippen LogP) is 3.08. The molecule has 0 bridgehead atoms. The summed E-state index contributed by atoms with van der Waals surface area (Å²) in [5.41, 5.74) is 1.38. The van der Waals surface area contributed by atoms with Crippen LogP contribution in [0.1, 0.15) is 37.2 Å². The van der Waals surface area contributed by atoms with E-state index in [0.717, 1.165) is 25.1 Å². The second kappa shape index (κ2) is 6.11. The minimum Gasteiger partial charge on any atom is -0.363 e. The monoisotopic (exact) mass is 356 g/mol. The predicted molar refractivity (Wildman–Crippen MR) is 98.6 cm³/mol. The summed E-state index contributed by atoms with van der Waals surface area (Å²) in [7, 11) is 1.87. The van der Waals surface area contributed by atoms with Crippen molar-refractivity contribution in [3.05, 3.63) is 48.3 Å². The molecule has 2 saturated heterocycles. The third-order valence-electron chi connectivity index (χ3n) is 5.74. The number of piperidine rings is 1. The molecule has 0 N–H and O–H groups in total. The van der Waals surface area contributed by atoms with Gasteiger partial charge in [0.25, 0.3) is 5.91 Å². The Kier molecular flexibility index (Phi) is 4.01. The molecular weight excluding hydrogens is 331 g/mol. The zero-order valence-electron chi connectivity index (χ0n) is 15.5. The van der Waals surface area contributed by atoms with Crippen LogP contribution < -0.4 is 4.90 Å². The number of halogens is 1. The molecule has 5 nitrogen and oxygen atoms in total. The highest BCUT2D eigenvalue weighted by Gasteiger charge is 2.48. The summed E-state index contributed by atoms with van der Waals surface area (Å²) in [5, 5.41) is 0. The number of hydrogen-bond acceptors (Lipinski definition) is 3. The molecule has 6 heteroatoms. The van der Waals surface area contributed by atoms with Crippen molar-refractivity contribution in [2.45, 2.75) is 38.3 Å². The van der Waals surface area contributed by atoms with Gasteiger partial charge in [0, 0.05) is 43.6 Å². The van der Waals surface area contributed by atoms with Crippen LogP contribution in [0.2, 0.25) is 0 Å². The number of rotatable bonds is 2. The molecule has 138 valence electrons. The van der Waals surface area contributed by atoms with Crippen molar-refractivity contribution in [2.75, 3.05) is 18.0 Å². The lowest BCUT2D eigenvalue weighted by Gasteiger charge is -2.41. The maximum atomic E-state index is 13.8. The molecule has 4 rings (SSSR count). The molecule has 2 fully saturated rings. The van der Waals surface area contributed by atoms with Crippen LogP contribution in [-0.2, 0) is 7.05 Å². The maximum Gasteiger partial charge on any atom is 0.274 e. The number of nitrogens with zero attached hydrogens (tertiary/aromatic N) is 4. The highest BCUT2D eigenvalue weighted by molar-refractivity contribution is 5.92. The third kappa shape index (κ3) is 2.87. The number of fused-ring (bicyclic) bond motifs is 1. The Balaban J connectivity index is 1.55. The van der Waals surface area contributed by atoms with Crippen molar-refractivity contribution in [1.82, 2.24) is 14.5 Å². The molecule has 2 aliphatic heterocycles. The van der Waals surface area contributed by atoms with Gasteiger partial charge in [0.2, 0.25) is 0 Å². The van der Waals surface area contributed by atoms with Crippen LogP contribution in [0.25, 0.3) is 0 Å². The first-order valence-corrected chi connectivity index (χ1v) is 9.17. The first kappa shape index (κ1) is 17.1. The Bertz CT molecular complexity index is 831. The number of amides is 1. The van der Waals surface area contributed by atoms with Crippen molar-refractivity contribution in [2.24, 2.45) is 13.0 Å². The van der Waals surface area contributed by atoms with Crippen molar-refractivity contribution in [1.29, 1.82) is 0 Å². The molecule has 2 atom stereocenters. The first-order valence-electron chi connectivity index (χ1n) is 9.17. The molecule has 1 amide bonds. The fraction of sp³-hybridized carbons (Fsp3) is 0.500. The zero-order valence-corrected chi connectivity index (χ0v) is 15.5. The Hall–Kier alpha value is -2.37. The summed E-state index contributed by atoms with van der Waals surface area (Å²) in [6.07, 6.45) is 5.31. The Morgan fingerprint density at radius 3 is 2.85 bits per heavy atom. The van der Waals surface area contributed by atoms with Gasteiger partial charge in [-0.1, -0.05) is 6.07 Å². The van der Waals surface area contributed by atoms with E-state index in [0.29, 0.717) is 24.2 Å². The van der Waals surface area contributed by atoms with Gasteiger partial charge >= 0.3 is 0 Å². The van der Waals surface area contributed by atoms with Crippen molar-refractivity contribution in [3.8, 4) is 0 Å². The average Bonchev–Trinajstić information content (AvgIpc) is 3.12. The van der Waals surface area contributed by atoms with Gasteiger partial charge in [-0.15, -0.1) is 0 Å². The SMILES string of the molecule is Cn1cnc(C(=O)N2CC[C@H]3[C@@H](C2)CC(C)(C)N3c2cccc(F)c2)c1. The van der Waals surface area contributed by atoms with Crippen molar-refractivity contribution >= 4 is 11.6 Å². The molecule has 3 heterocycles. The molecule has 1 aromatic carbocycles. The quantitative estimate of drug-likeness (QED) is 0.830. The van der Waals surface area contributed by atoms with Gasteiger partial charge < -0.3 is 14.4 Å². The van der Waals surface area contributed by atoms with Crippen molar-refractivity contribution < 1.29 is 9.18 Å². The summed E-state index contributed by atoms with van der Waals surface area (Å²) < 4.78 is 15.6. The zero-order chi connectivity index (χ0) is 18.5. The second-order valence-electron chi connectivity index (χ2n) is 8.16. The van der Waals surface area contributed by atoms with Crippen LogP contribution in [-0.4, -0.2) is 45.0 Å². The number of benzene rings is 1. The summed E-state index contributed by atoms with van der Waals surface area (Å²) in [4.78, 5) is 21.2. The van der Waals surface area contributed by atoms with Crippen LogP contribution in [0.4, 0.5) is 10.1 Å². The second-order valence-corrected chi connectivity index (χ2v) is 8.16. The van der Waals surface area contributed by atoms with Gasteiger partial charge in [0.15, 0.2) is 0 Å². The molecule has 1 aromatic heterocycles. The van der Waals surface area contributed by atoms with E-state index in [1.165, 1.54) is 6.07 Å². The van der Waals surface area contributed by atoms with E-state index in [1.807, 2.05) is 18.0 Å². The molecule has 0 unspecified atom stereocenters. The van der Waals surface area contributed by atoms with Gasteiger partial charge in [-0.25, -0.2) is 9.37 Å². The fourth-order valence-corrected chi connectivity index (χ4v) is 4.79. The van der Waals surface area contributed by atoms with Gasteiger partial charge in [-0.05, 0) is 50.8 Å². The van der Waals surface area contributed by atoms with Crippen LogP contribution in [0.3, 0.4) is 0 Å². The summed E-state index contributed by atoms with van der Waals surface area (Å²) >= 11 is 0. The largest absolute Gasteiger partial charge is 0.363 e. The molecule has 0 radical (unpaired) electrons. The standard InChI is InChI=1S/C20H25FN4O/c1-20(2)10-14-11-24(19(26)17-12-23(3)13-22-17)8-7-18(14)25(20)16-6-4-5-15(21)9-16/h4-6,9,12-14,18H,7-8,10-11H2,1-3H3/t14-,18+/m1/s1. The van der Waals surface area contributed by atoms with Gasteiger partial charge in [0.1, 0.15) is 11.5 Å². The van der Waals surface area contributed by atoms with Gasteiger partial charge in [-0.3, -0.25) is 4.79 Å². The fourth-order valence-electron chi connectivity index (χ4n) is 4.79. The van der Waals surface area contributed by atoms with E-state index in [1.54, 1.807) is 29.2 Å². The number of carbonyl (C=O) groups excluding carboxylic acids is 1. The van der Waals surface area contributed by atoms with Crippen LogP contribution >= 0.6 is 0 Å². The summed E-state index contributed by atoms with van der Waals surface area (Å²) in [6, 6.07) is 7.19. The first-order chi connectivity index (χ1) is 12.3. The molecule has 0 aliphatic carbocycles. The smallest absolute Gasteiger partial charge is 0.274 e. The highest BCUT2D eigenvalue weighted by atomic mass is 19.1.